The summed E-state index contributed by atoms with van der Waals surface area (Å²) in [7, 11) is 0. The first-order valence-electron chi connectivity index (χ1n) is 4.27. The molecule has 72 valence electrons. The van der Waals surface area contributed by atoms with E-state index >= 15 is 0 Å². The first kappa shape index (κ1) is 11.0. The van der Waals surface area contributed by atoms with Gasteiger partial charge in [-0.05, 0) is 36.5 Å². The Bertz CT molecular complexity index is 267. The van der Waals surface area contributed by atoms with Gasteiger partial charge in [0.05, 0.1) is 0 Å². The van der Waals surface area contributed by atoms with Gasteiger partial charge in [-0.15, -0.1) is 12.4 Å². The number of hydrogen-bond donors (Lipinski definition) is 1. The smallest absolute Gasteiger partial charge is 0.0175 e. The van der Waals surface area contributed by atoms with E-state index in [4.69, 9.17) is 5.73 Å². The monoisotopic (exact) mass is 261 g/mol. The van der Waals surface area contributed by atoms with Crippen LogP contribution in [0.25, 0.3) is 0 Å². The summed E-state index contributed by atoms with van der Waals surface area (Å²) >= 11 is 3.42. The van der Waals surface area contributed by atoms with E-state index in [0.29, 0.717) is 12.0 Å². The van der Waals surface area contributed by atoms with E-state index in [0.717, 1.165) is 17.3 Å². The molecule has 0 bridgehead atoms. The van der Waals surface area contributed by atoms with Crippen LogP contribution in [0.15, 0.2) is 28.7 Å². The van der Waals surface area contributed by atoms with Crippen molar-refractivity contribution in [1.29, 1.82) is 0 Å². The number of nitrogens with two attached hydrogens (primary N) is 1. The van der Waals surface area contributed by atoms with Crippen LogP contribution in [-0.4, -0.2) is 6.04 Å². The standard InChI is InChI=1S/C10H12BrN.ClH/c11-9-3-1-7(2-4-9)8-5-10(12)6-8;/h1-4,8,10H,5-6,12H2;1H. The second-order valence-corrected chi connectivity index (χ2v) is 4.40. The summed E-state index contributed by atoms with van der Waals surface area (Å²) in [5.74, 6) is 0.716. The van der Waals surface area contributed by atoms with Crippen molar-refractivity contribution in [3.63, 3.8) is 0 Å². The molecule has 0 spiro atoms. The van der Waals surface area contributed by atoms with Crippen LogP contribution in [0.1, 0.15) is 24.3 Å². The van der Waals surface area contributed by atoms with Crippen LogP contribution in [0.2, 0.25) is 0 Å². The Hall–Kier alpha value is -0.0500. The third kappa shape index (κ3) is 2.46. The normalized spacial score (nSPS) is 26.0. The lowest BCUT2D eigenvalue weighted by molar-refractivity contribution is 0.351. The van der Waals surface area contributed by atoms with E-state index in [1.807, 2.05) is 0 Å². The van der Waals surface area contributed by atoms with E-state index in [2.05, 4.69) is 40.2 Å². The van der Waals surface area contributed by atoms with Crippen molar-refractivity contribution in [2.75, 3.05) is 0 Å². The van der Waals surface area contributed by atoms with Gasteiger partial charge < -0.3 is 5.73 Å². The van der Waals surface area contributed by atoms with E-state index in [1.54, 1.807) is 0 Å². The van der Waals surface area contributed by atoms with Crippen molar-refractivity contribution in [2.24, 2.45) is 5.73 Å². The molecule has 1 saturated carbocycles. The summed E-state index contributed by atoms with van der Waals surface area (Å²) in [5, 5.41) is 0. The molecule has 1 aromatic carbocycles. The Morgan fingerprint density at radius 2 is 1.69 bits per heavy atom. The van der Waals surface area contributed by atoms with Gasteiger partial charge in [0.15, 0.2) is 0 Å². The minimum Gasteiger partial charge on any atom is -0.328 e. The predicted molar refractivity (Wildman–Crippen MR) is 61.3 cm³/mol. The highest BCUT2D eigenvalue weighted by Crippen LogP contribution is 2.35. The summed E-state index contributed by atoms with van der Waals surface area (Å²) in [4.78, 5) is 0. The number of rotatable bonds is 1. The minimum absolute atomic E-state index is 0. The van der Waals surface area contributed by atoms with Gasteiger partial charge in [-0.1, -0.05) is 28.1 Å². The summed E-state index contributed by atoms with van der Waals surface area (Å²) < 4.78 is 1.15. The van der Waals surface area contributed by atoms with Crippen LogP contribution in [0.3, 0.4) is 0 Å². The van der Waals surface area contributed by atoms with Crippen LogP contribution in [0, 0.1) is 0 Å². The van der Waals surface area contributed by atoms with Gasteiger partial charge in [0.2, 0.25) is 0 Å². The molecular weight excluding hydrogens is 249 g/mol. The largest absolute Gasteiger partial charge is 0.328 e. The Morgan fingerprint density at radius 3 is 2.15 bits per heavy atom. The third-order valence-corrected chi connectivity index (χ3v) is 3.04. The average molecular weight is 263 g/mol. The molecular formula is C10H13BrClN. The van der Waals surface area contributed by atoms with E-state index in [-0.39, 0.29) is 12.4 Å². The molecule has 1 aromatic rings. The number of benzene rings is 1. The fraction of sp³-hybridized carbons (Fsp3) is 0.400. The summed E-state index contributed by atoms with van der Waals surface area (Å²) in [6, 6.07) is 9.00. The van der Waals surface area contributed by atoms with Crippen LogP contribution in [0.4, 0.5) is 0 Å². The van der Waals surface area contributed by atoms with E-state index < -0.39 is 0 Å². The molecule has 0 unspecified atom stereocenters. The van der Waals surface area contributed by atoms with Gasteiger partial charge in [0, 0.05) is 10.5 Å². The first-order chi connectivity index (χ1) is 5.75. The summed E-state index contributed by atoms with van der Waals surface area (Å²) in [6.45, 7) is 0. The molecule has 0 heterocycles. The first-order valence-corrected chi connectivity index (χ1v) is 5.06. The molecule has 0 saturated heterocycles. The zero-order chi connectivity index (χ0) is 8.55. The maximum Gasteiger partial charge on any atom is 0.0175 e. The average Bonchev–Trinajstić information content (AvgIpc) is 2.01. The van der Waals surface area contributed by atoms with Gasteiger partial charge in [0.25, 0.3) is 0 Å². The summed E-state index contributed by atoms with van der Waals surface area (Å²) in [6.07, 6.45) is 2.31. The van der Waals surface area contributed by atoms with Crippen LogP contribution in [0.5, 0.6) is 0 Å². The highest BCUT2D eigenvalue weighted by atomic mass is 79.9. The molecule has 0 aromatic heterocycles. The van der Waals surface area contributed by atoms with Crippen molar-refractivity contribution in [3.8, 4) is 0 Å². The maximum absolute atomic E-state index is 5.73. The lowest BCUT2D eigenvalue weighted by Gasteiger charge is -2.32. The Labute approximate surface area is 93.2 Å². The molecule has 1 aliphatic carbocycles. The second-order valence-electron chi connectivity index (χ2n) is 3.48. The molecule has 1 aliphatic rings. The predicted octanol–water partition coefficient (Wildman–Crippen LogP) is 3.08. The van der Waals surface area contributed by atoms with Gasteiger partial charge in [-0.2, -0.15) is 0 Å². The number of hydrogen-bond acceptors (Lipinski definition) is 1. The lowest BCUT2D eigenvalue weighted by Crippen LogP contribution is -2.34. The topological polar surface area (TPSA) is 26.0 Å². The minimum atomic E-state index is 0. The lowest BCUT2D eigenvalue weighted by atomic mass is 9.76. The molecule has 0 amide bonds. The van der Waals surface area contributed by atoms with Crippen molar-refractivity contribution < 1.29 is 0 Å². The van der Waals surface area contributed by atoms with Gasteiger partial charge in [-0.25, -0.2) is 0 Å². The molecule has 0 aliphatic heterocycles. The molecule has 2 N–H and O–H groups in total. The third-order valence-electron chi connectivity index (χ3n) is 2.52. The van der Waals surface area contributed by atoms with Crippen molar-refractivity contribution in [2.45, 2.75) is 24.8 Å². The van der Waals surface area contributed by atoms with Crippen LogP contribution >= 0.6 is 28.3 Å². The number of halogens is 2. The second kappa shape index (κ2) is 4.45. The molecule has 1 nitrogen and oxygen atoms in total. The van der Waals surface area contributed by atoms with Crippen molar-refractivity contribution in [3.05, 3.63) is 34.3 Å². The fourth-order valence-corrected chi connectivity index (χ4v) is 1.93. The quantitative estimate of drug-likeness (QED) is 0.827. The highest BCUT2D eigenvalue weighted by Gasteiger charge is 2.26. The molecule has 0 radical (unpaired) electrons. The fourth-order valence-electron chi connectivity index (χ4n) is 1.67. The Balaban J connectivity index is 0.000000845. The molecule has 3 heteroatoms. The van der Waals surface area contributed by atoms with E-state index in [9.17, 15) is 0 Å². The van der Waals surface area contributed by atoms with Crippen molar-refractivity contribution >= 4 is 28.3 Å². The van der Waals surface area contributed by atoms with Crippen molar-refractivity contribution in [1.82, 2.24) is 0 Å². The van der Waals surface area contributed by atoms with Gasteiger partial charge >= 0.3 is 0 Å². The maximum atomic E-state index is 5.73. The van der Waals surface area contributed by atoms with Gasteiger partial charge in [0.1, 0.15) is 0 Å². The van der Waals surface area contributed by atoms with Gasteiger partial charge in [-0.3, -0.25) is 0 Å². The zero-order valence-electron chi connectivity index (χ0n) is 7.24. The highest BCUT2D eigenvalue weighted by molar-refractivity contribution is 9.10. The van der Waals surface area contributed by atoms with Crippen LogP contribution < -0.4 is 5.73 Å². The van der Waals surface area contributed by atoms with E-state index in [1.165, 1.54) is 5.56 Å². The van der Waals surface area contributed by atoms with Crippen LogP contribution in [-0.2, 0) is 0 Å². The Morgan fingerprint density at radius 1 is 1.15 bits per heavy atom. The summed E-state index contributed by atoms with van der Waals surface area (Å²) in [5.41, 5.74) is 7.16. The Kier molecular flexibility index (Phi) is 3.77. The SMILES string of the molecule is Cl.NC1CC(c2ccc(Br)cc2)C1. The molecule has 0 atom stereocenters. The molecule has 13 heavy (non-hydrogen) atoms. The zero-order valence-corrected chi connectivity index (χ0v) is 9.64. The molecule has 1 fully saturated rings. The molecule has 2 rings (SSSR count).